The van der Waals surface area contributed by atoms with E-state index in [2.05, 4.69) is 15.5 Å². The van der Waals surface area contributed by atoms with Gasteiger partial charge < -0.3 is 5.11 Å². The molecular formula is C11H18N4O2S. The Bertz CT molecular complexity index is 430. The van der Waals surface area contributed by atoms with E-state index in [0.29, 0.717) is 18.9 Å². The number of hydrogen-bond acceptors (Lipinski definition) is 5. The first-order valence-electron chi connectivity index (χ1n) is 6.14. The highest BCUT2D eigenvalue weighted by Gasteiger charge is 2.34. The zero-order valence-corrected chi connectivity index (χ0v) is 11.5. The van der Waals surface area contributed by atoms with Crippen LogP contribution in [0.25, 0.3) is 0 Å². The molecule has 18 heavy (non-hydrogen) atoms. The minimum absolute atomic E-state index is 0.336. The standard InChI is InChI=1S/C11H18N4O2S/c1-3-11(2,10(16)17)7-15-9(12-13-14-15)8-4-5-18-6-8/h8H,3-7H2,1-2H3,(H,16,17). The lowest BCUT2D eigenvalue weighted by molar-refractivity contribution is -0.149. The molecule has 1 aromatic rings. The molecule has 0 radical (unpaired) electrons. The third-order valence-corrected chi connectivity index (χ3v) is 4.81. The van der Waals surface area contributed by atoms with Crippen LogP contribution in [-0.4, -0.2) is 42.8 Å². The Labute approximate surface area is 110 Å². The van der Waals surface area contributed by atoms with E-state index in [1.807, 2.05) is 18.7 Å². The maximum atomic E-state index is 11.3. The molecule has 0 aromatic carbocycles. The summed E-state index contributed by atoms with van der Waals surface area (Å²) < 4.78 is 1.67. The summed E-state index contributed by atoms with van der Waals surface area (Å²) in [5.41, 5.74) is -0.810. The van der Waals surface area contributed by atoms with Crippen molar-refractivity contribution in [2.75, 3.05) is 11.5 Å². The van der Waals surface area contributed by atoms with Gasteiger partial charge in [-0.1, -0.05) is 6.92 Å². The zero-order valence-electron chi connectivity index (χ0n) is 10.7. The summed E-state index contributed by atoms with van der Waals surface area (Å²) >= 11 is 1.89. The highest BCUT2D eigenvalue weighted by molar-refractivity contribution is 7.99. The van der Waals surface area contributed by atoms with Gasteiger partial charge in [0.05, 0.1) is 12.0 Å². The normalized spacial score (nSPS) is 22.9. The summed E-state index contributed by atoms with van der Waals surface area (Å²) in [5.74, 6) is 2.55. The molecule has 1 saturated heterocycles. The van der Waals surface area contributed by atoms with Crippen molar-refractivity contribution in [1.82, 2.24) is 20.2 Å². The quantitative estimate of drug-likeness (QED) is 0.871. The Morgan fingerprint density at radius 3 is 3.00 bits per heavy atom. The first-order chi connectivity index (χ1) is 8.57. The van der Waals surface area contributed by atoms with E-state index in [9.17, 15) is 9.90 Å². The summed E-state index contributed by atoms with van der Waals surface area (Å²) in [7, 11) is 0. The van der Waals surface area contributed by atoms with Crippen LogP contribution in [0, 0.1) is 5.41 Å². The van der Waals surface area contributed by atoms with Crippen molar-refractivity contribution in [3.63, 3.8) is 0 Å². The molecule has 1 aliphatic heterocycles. The van der Waals surface area contributed by atoms with Gasteiger partial charge in [-0.3, -0.25) is 4.79 Å². The zero-order chi connectivity index (χ0) is 13.2. The van der Waals surface area contributed by atoms with Gasteiger partial charge in [0.2, 0.25) is 0 Å². The second-order valence-corrected chi connectivity index (χ2v) is 6.12. The molecule has 6 nitrogen and oxygen atoms in total. The first kappa shape index (κ1) is 13.3. The average molecular weight is 270 g/mol. The van der Waals surface area contributed by atoms with Crippen LogP contribution in [0.15, 0.2) is 0 Å². The van der Waals surface area contributed by atoms with Crippen LogP contribution in [0.4, 0.5) is 0 Å². The number of thioether (sulfide) groups is 1. The van der Waals surface area contributed by atoms with Gasteiger partial charge in [-0.2, -0.15) is 11.8 Å². The maximum absolute atomic E-state index is 11.3. The molecule has 0 aliphatic carbocycles. The fourth-order valence-corrected chi connectivity index (χ4v) is 3.23. The second-order valence-electron chi connectivity index (χ2n) is 4.97. The predicted molar refractivity (Wildman–Crippen MR) is 68.5 cm³/mol. The van der Waals surface area contributed by atoms with E-state index in [1.165, 1.54) is 0 Å². The number of nitrogens with zero attached hydrogens (tertiary/aromatic N) is 4. The Kier molecular flexibility index (Phi) is 3.89. The topological polar surface area (TPSA) is 80.9 Å². The molecule has 2 rings (SSSR count). The molecular weight excluding hydrogens is 252 g/mol. The monoisotopic (exact) mass is 270 g/mol. The van der Waals surface area contributed by atoms with Crippen molar-refractivity contribution in [2.24, 2.45) is 5.41 Å². The summed E-state index contributed by atoms with van der Waals surface area (Å²) in [6.07, 6.45) is 1.63. The molecule has 100 valence electrons. The smallest absolute Gasteiger partial charge is 0.311 e. The van der Waals surface area contributed by atoms with Crippen LogP contribution in [0.2, 0.25) is 0 Å². The van der Waals surface area contributed by atoms with E-state index in [-0.39, 0.29) is 0 Å². The highest BCUT2D eigenvalue weighted by atomic mass is 32.2. The molecule has 2 unspecified atom stereocenters. The summed E-state index contributed by atoms with van der Waals surface area (Å²) in [4.78, 5) is 11.3. The molecule has 1 N–H and O–H groups in total. The van der Waals surface area contributed by atoms with Crippen molar-refractivity contribution in [3.8, 4) is 0 Å². The molecule has 1 fully saturated rings. The predicted octanol–water partition coefficient (Wildman–Crippen LogP) is 1.39. The lowest BCUT2D eigenvalue weighted by Gasteiger charge is -2.23. The van der Waals surface area contributed by atoms with Crippen LogP contribution >= 0.6 is 11.8 Å². The molecule has 1 aromatic heterocycles. The molecule has 0 bridgehead atoms. The van der Waals surface area contributed by atoms with Crippen molar-refractivity contribution < 1.29 is 9.90 Å². The van der Waals surface area contributed by atoms with Gasteiger partial charge in [-0.15, -0.1) is 5.10 Å². The van der Waals surface area contributed by atoms with Gasteiger partial charge in [0.15, 0.2) is 5.82 Å². The summed E-state index contributed by atoms with van der Waals surface area (Å²) in [6.45, 7) is 3.95. The van der Waals surface area contributed by atoms with Gasteiger partial charge >= 0.3 is 5.97 Å². The van der Waals surface area contributed by atoms with E-state index < -0.39 is 11.4 Å². The average Bonchev–Trinajstić information content (AvgIpc) is 2.98. The van der Waals surface area contributed by atoms with Crippen molar-refractivity contribution >= 4 is 17.7 Å². The molecule has 1 aliphatic rings. The van der Waals surface area contributed by atoms with Gasteiger partial charge in [0, 0.05) is 11.7 Å². The fraction of sp³-hybridized carbons (Fsp3) is 0.818. The number of carbonyl (C=O) groups is 1. The summed E-state index contributed by atoms with van der Waals surface area (Å²) in [6, 6.07) is 0. The van der Waals surface area contributed by atoms with Gasteiger partial charge in [-0.05, 0) is 35.9 Å². The third kappa shape index (κ3) is 2.50. The Morgan fingerprint density at radius 1 is 1.67 bits per heavy atom. The molecule has 2 atom stereocenters. The number of aliphatic carboxylic acids is 1. The first-order valence-corrected chi connectivity index (χ1v) is 7.29. The second kappa shape index (κ2) is 5.26. The molecule has 0 spiro atoms. The van der Waals surface area contributed by atoms with Crippen molar-refractivity contribution in [2.45, 2.75) is 39.2 Å². The van der Waals surface area contributed by atoms with Gasteiger partial charge in [0.1, 0.15) is 0 Å². The van der Waals surface area contributed by atoms with E-state index in [1.54, 1.807) is 11.6 Å². The molecule has 7 heteroatoms. The number of hydrogen-bond donors (Lipinski definition) is 1. The van der Waals surface area contributed by atoms with E-state index in [4.69, 9.17) is 0 Å². The van der Waals surface area contributed by atoms with Crippen LogP contribution in [0.3, 0.4) is 0 Å². The molecule has 2 heterocycles. The largest absolute Gasteiger partial charge is 0.481 e. The van der Waals surface area contributed by atoms with E-state index >= 15 is 0 Å². The SMILES string of the molecule is CCC(C)(Cn1nnnc1C1CCSC1)C(=O)O. The van der Waals surface area contributed by atoms with Gasteiger partial charge in [0.25, 0.3) is 0 Å². The number of tetrazole rings is 1. The Morgan fingerprint density at radius 2 is 2.44 bits per heavy atom. The summed E-state index contributed by atoms with van der Waals surface area (Å²) in [5, 5.41) is 21.0. The number of carboxylic acids is 1. The minimum atomic E-state index is -0.810. The Balaban J connectivity index is 2.19. The van der Waals surface area contributed by atoms with Crippen LogP contribution in [-0.2, 0) is 11.3 Å². The number of rotatable bonds is 5. The molecule has 0 saturated carbocycles. The highest BCUT2D eigenvalue weighted by Crippen LogP contribution is 2.32. The van der Waals surface area contributed by atoms with Crippen molar-refractivity contribution in [3.05, 3.63) is 5.82 Å². The van der Waals surface area contributed by atoms with Crippen LogP contribution in [0.1, 0.15) is 38.4 Å². The van der Waals surface area contributed by atoms with Crippen molar-refractivity contribution in [1.29, 1.82) is 0 Å². The lowest BCUT2D eigenvalue weighted by Crippen LogP contribution is -2.33. The molecule has 0 amide bonds. The Hall–Kier alpha value is -1.11. The number of carboxylic acid groups (broad SMARTS) is 1. The minimum Gasteiger partial charge on any atom is -0.481 e. The maximum Gasteiger partial charge on any atom is 0.311 e. The number of aromatic nitrogens is 4. The lowest BCUT2D eigenvalue weighted by atomic mass is 9.87. The van der Waals surface area contributed by atoms with Gasteiger partial charge in [-0.25, -0.2) is 4.68 Å². The fourth-order valence-electron chi connectivity index (χ4n) is 2.02. The van der Waals surface area contributed by atoms with Crippen LogP contribution < -0.4 is 0 Å². The van der Waals surface area contributed by atoms with Crippen LogP contribution in [0.5, 0.6) is 0 Å². The third-order valence-electron chi connectivity index (χ3n) is 3.65. The van der Waals surface area contributed by atoms with E-state index in [0.717, 1.165) is 23.8 Å².